The lowest BCUT2D eigenvalue weighted by molar-refractivity contribution is -0.138. The van der Waals surface area contributed by atoms with E-state index in [0.29, 0.717) is 6.47 Å². The second kappa shape index (κ2) is 12.1. The maximum absolute atomic E-state index is 9.60. The van der Waals surface area contributed by atoms with Gasteiger partial charge in [0.2, 0.25) is 0 Å². The monoisotopic (exact) mass is 163 g/mol. The van der Waals surface area contributed by atoms with E-state index in [1.165, 1.54) is 7.05 Å². The van der Waals surface area contributed by atoms with Gasteiger partial charge in [0.1, 0.15) is 5.60 Å². The summed E-state index contributed by atoms with van der Waals surface area (Å²) < 4.78 is 4.55. The molecule has 0 unspecified atom stereocenters. The third kappa shape index (κ3) is 44.2. The number of hydrogen-bond donors (Lipinski definition) is 1. The molecule has 0 aliphatic carbocycles. The molecule has 0 aliphatic rings. The Morgan fingerprint density at radius 3 is 1.45 bits per heavy atom. The highest BCUT2D eigenvalue weighted by molar-refractivity contribution is 5.37. The summed E-state index contributed by atoms with van der Waals surface area (Å²) >= 11 is 0. The van der Waals surface area contributed by atoms with Crippen molar-refractivity contribution in [2.24, 2.45) is 5.73 Å². The van der Waals surface area contributed by atoms with Gasteiger partial charge in [0.05, 0.1) is 0 Å². The molecular weight excluding hydrogens is 142 g/mol. The average molecular weight is 163 g/mol. The van der Waals surface area contributed by atoms with Gasteiger partial charge in [0, 0.05) is 0 Å². The second-order valence-electron chi connectivity index (χ2n) is 2.33. The van der Waals surface area contributed by atoms with Gasteiger partial charge in [-0.2, -0.15) is 0 Å². The van der Waals surface area contributed by atoms with E-state index in [9.17, 15) is 4.79 Å². The van der Waals surface area contributed by atoms with Crippen molar-refractivity contribution in [3.05, 3.63) is 0 Å². The molecule has 0 spiro atoms. The lowest BCUT2D eigenvalue weighted by Gasteiger charge is -2.14. The van der Waals surface area contributed by atoms with Crippen molar-refractivity contribution < 1.29 is 9.53 Å². The van der Waals surface area contributed by atoms with E-state index in [4.69, 9.17) is 0 Å². The number of rotatable bonds is 1. The normalized spacial score (nSPS) is 7.91. The largest absolute Gasteiger partial charge is 0.462 e. The minimum atomic E-state index is -0.318. The molecule has 0 saturated heterocycles. The van der Waals surface area contributed by atoms with Crippen LogP contribution in [-0.2, 0) is 9.53 Å². The van der Waals surface area contributed by atoms with Crippen LogP contribution in [0.25, 0.3) is 0 Å². The first-order valence-electron chi connectivity index (χ1n) is 3.75. The molecule has 0 bridgehead atoms. The molecule has 0 atom stereocenters. The molecule has 11 heavy (non-hydrogen) atoms. The summed E-state index contributed by atoms with van der Waals surface area (Å²) in [6.07, 6.45) is 0. The molecule has 0 heterocycles. The maximum Gasteiger partial charge on any atom is 0.293 e. The van der Waals surface area contributed by atoms with Gasteiger partial charge in [-0.3, -0.25) is 4.79 Å². The van der Waals surface area contributed by atoms with Gasteiger partial charge in [0.15, 0.2) is 0 Å². The van der Waals surface area contributed by atoms with Crippen LogP contribution in [0.4, 0.5) is 0 Å². The SMILES string of the molecule is CC.CC(C)(C)OC=O.CN. The molecule has 0 rings (SSSR count). The van der Waals surface area contributed by atoms with Gasteiger partial charge < -0.3 is 10.5 Å². The predicted molar refractivity (Wildman–Crippen MR) is 48.4 cm³/mol. The van der Waals surface area contributed by atoms with E-state index in [1.807, 2.05) is 34.6 Å². The van der Waals surface area contributed by atoms with Crippen molar-refractivity contribution in [2.45, 2.75) is 40.2 Å². The van der Waals surface area contributed by atoms with Crippen LogP contribution < -0.4 is 5.73 Å². The maximum atomic E-state index is 9.60. The van der Waals surface area contributed by atoms with E-state index in [0.717, 1.165) is 0 Å². The third-order valence-electron chi connectivity index (χ3n) is 0.402. The lowest BCUT2D eigenvalue weighted by atomic mass is 10.2. The molecule has 0 aliphatic heterocycles. The van der Waals surface area contributed by atoms with Crippen LogP contribution in [-0.4, -0.2) is 19.1 Å². The smallest absolute Gasteiger partial charge is 0.293 e. The van der Waals surface area contributed by atoms with E-state index < -0.39 is 0 Å². The molecule has 0 radical (unpaired) electrons. The second-order valence-corrected chi connectivity index (χ2v) is 2.33. The minimum Gasteiger partial charge on any atom is -0.462 e. The van der Waals surface area contributed by atoms with Crippen molar-refractivity contribution in [3.8, 4) is 0 Å². The molecule has 0 fully saturated rings. The Hall–Kier alpha value is -0.570. The van der Waals surface area contributed by atoms with Crippen molar-refractivity contribution in [3.63, 3.8) is 0 Å². The summed E-state index contributed by atoms with van der Waals surface area (Å²) in [5, 5.41) is 0. The fourth-order valence-corrected chi connectivity index (χ4v) is 0.144. The number of nitrogens with two attached hydrogens (primary N) is 1. The van der Waals surface area contributed by atoms with Gasteiger partial charge in [-0.25, -0.2) is 0 Å². The fraction of sp³-hybridized carbons (Fsp3) is 0.875. The van der Waals surface area contributed by atoms with Gasteiger partial charge in [-0.05, 0) is 27.8 Å². The predicted octanol–water partition coefficient (Wildman–Crippen LogP) is 1.56. The number of ether oxygens (including phenoxy) is 1. The Morgan fingerprint density at radius 1 is 1.18 bits per heavy atom. The van der Waals surface area contributed by atoms with E-state index in [2.05, 4.69) is 10.5 Å². The molecular formula is C8H21NO2. The standard InChI is InChI=1S/C5H10O2.C2H6.CH5N/c1-5(2,3)7-4-6;2*1-2/h4H,1-3H3;1-2H3;2H2,1H3. The highest BCUT2D eigenvalue weighted by atomic mass is 16.5. The summed E-state index contributed by atoms with van der Waals surface area (Å²) in [6.45, 7) is 9.92. The molecule has 0 saturated carbocycles. The van der Waals surface area contributed by atoms with E-state index in [1.54, 1.807) is 0 Å². The number of carbonyl (C=O) groups is 1. The van der Waals surface area contributed by atoms with E-state index in [-0.39, 0.29) is 5.60 Å². The van der Waals surface area contributed by atoms with Crippen molar-refractivity contribution >= 4 is 6.47 Å². The van der Waals surface area contributed by atoms with E-state index >= 15 is 0 Å². The number of hydrogen-bond acceptors (Lipinski definition) is 3. The van der Waals surface area contributed by atoms with Gasteiger partial charge in [-0.1, -0.05) is 13.8 Å². The lowest BCUT2D eigenvalue weighted by Crippen LogP contribution is -2.17. The van der Waals surface area contributed by atoms with Crippen LogP contribution in [0.3, 0.4) is 0 Å². The van der Waals surface area contributed by atoms with Crippen molar-refractivity contribution in [2.75, 3.05) is 7.05 Å². The van der Waals surface area contributed by atoms with Gasteiger partial charge in [0.25, 0.3) is 6.47 Å². The summed E-state index contributed by atoms with van der Waals surface area (Å²) in [5.74, 6) is 0. The zero-order chi connectivity index (χ0) is 9.91. The Morgan fingerprint density at radius 2 is 1.45 bits per heavy atom. The molecule has 3 nitrogen and oxygen atoms in total. The highest BCUT2D eigenvalue weighted by Gasteiger charge is 2.07. The minimum absolute atomic E-state index is 0.318. The summed E-state index contributed by atoms with van der Waals surface area (Å²) in [4.78, 5) is 9.60. The first kappa shape index (κ1) is 16.8. The summed E-state index contributed by atoms with van der Waals surface area (Å²) in [5.41, 5.74) is 4.18. The topological polar surface area (TPSA) is 52.3 Å². The van der Waals surface area contributed by atoms with Gasteiger partial charge >= 0.3 is 0 Å². The molecule has 0 amide bonds. The Labute approximate surface area is 69.9 Å². The molecule has 0 aromatic carbocycles. The zero-order valence-corrected chi connectivity index (χ0v) is 8.47. The van der Waals surface area contributed by atoms with Crippen LogP contribution in [0.5, 0.6) is 0 Å². The Bertz CT molecular complexity index is 67.0. The number of carbonyl (C=O) groups excluding carboxylic acids is 1. The Kier molecular flexibility index (Phi) is 18.5. The van der Waals surface area contributed by atoms with Crippen molar-refractivity contribution in [1.29, 1.82) is 0 Å². The average Bonchev–Trinajstić information content (AvgIpc) is 1.94. The van der Waals surface area contributed by atoms with Crippen LogP contribution in [0.1, 0.15) is 34.6 Å². The van der Waals surface area contributed by atoms with Crippen LogP contribution in [0.2, 0.25) is 0 Å². The molecule has 0 aromatic rings. The molecule has 70 valence electrons. The van der Waals surface area contributed by atoms with Gasteiger partial charge in [-0.15, -0.1) is 0 Å². The summed E-state index contributed by atoms with van der Waals surface area (Å²) in [6, 6.07) is 0. The molecule has 2 N–H and O–H groups in total. The van der Waals surface area contributed by atoms with Crippen LogP contribution in [0.15, 0.2) is 0 Å². The quantitative estimate of drug-likeness (QED) is 0.597. The first-order valence-corrected chi connectivity index (χ1v) is 3.75. The molecule has 0 aromatic heterocycles. The third-order valence-corrected chi connectivity index (χ3v) is 0.402. The van der Waals surface area contributed by atoms with Crippen molar-refractivity contribution in [1.82, 2.24) is 0 Å². The zero-order valence-electron chi connectivity index (χ0n) is 8.47. The fourth-order valence-electron chi connectivity index (χ4n) is 0.144. The van der Waals surface area contributed by atoms with Crippen LogP contribution in [0, 0.1) is 0 Å². The summed E-state index contributed by atoms with van der Waals surface area (Å²) in [7, 11) is 1.50. The Balaban J connectivity index is -0.000000138. The van der Waals surface area contributed by atoms with Crippen LogP contribution >= 0.6 is 0 Å². The molecule has 3 heteroatoms. The first-order chi connectivity index (χ1) is 5.06. The highest BCUT2D eigenvalue weighted by Crippen LogP contribution is 2.02.